The van der Waals surface area contributed by atoms with Gasteiger partial charge < -0.3 is 20.6 Å². The summed E-state index contributed by atoms with van der Waals surface area (Å²) >= 11 is 0. The molecule has 0 bridgehead atoms. The summed E-state index contributed by atoms with van der Waals surface area (Å²) in [6.07, 6.45) is 0.559. The Bertz CT molecular complexity index is 696. The Labute approximate surface area is 153 Å². The van der Waals surface area contributed by atoms with Gasteiger partial charge in [0.05, 0.1) is 17.2 Å². The summed E-state index contributed by atoms with van der Waals surface area (Å²) < 4.78 is 0. The van der Waals surface area contributed by atoms with Crippen molar-refractivity contribution in [2.45, 2.75) is 39.7 Å². The van der Waals surface area contributed by atoms with Gasteiger partial charge in [-0.15, -0.1) is 0 Å². The zero-order chi connectivity index (χ0) is 19.5. The van der Waals surface area contributed by atoms with Crippen LogP contribution in [0.5, 0.6) is 0 Å². The molecule has 1 aromatic rings. The van der Waals surface area contributed by atoms with E-state index >= 15 is 0 Å². The summed E-state index contributed by atoms with van der Waals surface area (Å²) in [7, 11) is 0. The van der Waals surface area contributed by atoms with Gasteiger partial charge in [0.25, 0.3) is 5.91 Å². The number of anilines is 1. The third-order valence-electron chi connectivity index (χ3n) is 4.20. The first-order valence-corrected chi connectivity index (χ1v) is 8.77. The molecular weight excluding hydrogens is 334 g/mol. The van der Waals surface area contributed by atoms with Gasteiger partial charge in [-0.3, -0.25) is 9.59 Å². The lowest BCUT2D eigenvalue weighted by Gasteiger charge is -2.34. The topological polar surface area (TPSA) is 98.7 Å². The van der Waals surface area contributed by atoms with E-state index in [1.165, 1.54) is 4.90 Å². The van der Waals surface area contributed by atoms with Crippen molar-refractivity contribution in [1.82, 2.24) is 10.2 Å². The summed E-state index contributed by atoms with van der Waals surface area (Å²) in [5.74, 6) is -1.62. The molecule has 1 heterocycles. The quantitative estimate of drug-likeness (QED) is 0.771. The number of likely N-dealkylation sites (tertiary alicyclic amines) is 1. The number of carboxylic acid groups (broad SMARTS) is 1. The molecule has 142 valence electrons. The molecule has 3 amide bonds. The molecule has 1 saturated heterocycles. The van der Waals surface area contributed by atoms with E-state index in [0.717, 1.165) is 0 Å². The highest BCUT2D eigenvalue weighted by molar-refractivity contribution is 6.03. The maximum Gasteiger partial charge on any atom is 0.321 e. The molecule has 1 aliphatic rings. The van der Waals surface area contributed by atoms with Crippen molar-refractivity contribution >= 4 is 23.6 Å². The second-order valence-electron chi connectivity index (χ2n) is 7.96. The van der Waals surface area contributed by atoms with Crippen LogP contribution in [-0.2, 0) is 4.79 Å². The van der Waals surface area contributed by atoms with Gasteiger partial charge in [0.1, 0.15) is 0 Å². The van der Waals surface area contributed by atoms with Crippen molar-refractivity contribution in [3.8, 4) is 0 Å². The van der Waals surface area contributed by atoms with Gasteiger partial charge in [-0.2, -0.15) is 0 Å². The average Bonchev–Trinajstić information content (AvgIpc) is 2.53. The first-order chi connectivity index (χ1) is 12.1. The standard InChI is InChI=1S/C19H27N3O4/c1-12-9-13(17(24)25)11-22(10-12)18(26)20-15-8-6-5-7-14(15)16(23)21-19(2,3)4/h5-8,12-13H,9-11H2,1-4H3,(H,20,26)(H,21,23)(H,24,25). The van der Waals surface area contributed by atoms with Crippen molar-refractivity contribution in [2.75, 3.05) is 18.4 Å². The monoisotopic (exact) mass is 361 g/mol. The fourth-order valence-corrected chi connectivity index (χ4v) is 3.09. The fourth-order valence-electron chi connectivity index (χ4n) is 3.09. The number of amides is 3. The average molecular weight is 361 g/mol. The molecule has 1 fully saturated rings. The van der Waals surface area contributed by atoms with Gasteiger partial charge in [0, 0.05) is 18.6 Å². The number of carbonyl (C=O) groups excluding carboxylic acids is 2. The lowest BCUT2D eigenvalue weighted by atomic mass is 9.91. The zero-order valence-corrected chi connectivity index (χ0v) is 15.7. The Morgan fingerprint density at radius 3 is 2.42 bits per heavy atom. The third-order valence-corrected chi connectivity index (χ3v) is 4.20. The number of hydrogen-bond donors (Lipinski definition) is 3. The van der Waals surface area contributed by atoms with Crippen LogP contribution in [-0.4, -0.2) is 46.5 Å². The highest BCUT2D eigenvalue weighted by atomic mass is 16.4. The SMILES string of the molecule is CC1CC(C(=O)O)CN(C(=O)Nc2ccccc2C(=O)NC(C)(C)C)C1. The largest absolute Gasteiger partial charge is 0.481 e. The summed E-state index contributed by atoms with van der Waals surface area (Å²) in [6.45, 7) is 8.24. The van der Waals surface area contributed by atoms with Gasteiger partial charge in [0.2, 0.25) is 0 Å². The van der Waals surface area contributed by atoms with Crippen LogP contribution >= 0.6 is 0 Å². The Kier molecular flexibility index (Phi) is 5.90. The Balaban J connectivity index is 2.14. The number of para-hydroxylation sites is 1. The molecule has 0 aliphatic carbocycles. The van der Waals surface area contributed by atoms with E-state index in [2.05, 4.69) is 10.6 Å². The molecule has 2 unspecified atom stereocenters. The lowest BCUT2D eigenvalue weighted by Crippen LogP contribution is -2.47. The van der Waals surface area contributed by atoms with Crippen LogP contribution in [0.3, 0.4) is 0 Å². The highest BCUT2D eigenvalue weighted by Crippen LogP contribution is 2.23. The molecule has 2 atom stereocenters. The molecule has 1 aromatic carbocycles. The molecule has 0 spiro atoms. The van der Waals surface area contributed by atoms with Gasteiger partial charge in [0.15, 0.2) is 0 Å². The summed E-state index contributed by atoms with van der Waals surface area (Å²) in [4.78, 5) is 37.9. The smallest absolute Gasteiger partial charge is 0.321 e. The van der Waals surface area contributed by atoms with Crippen LogP contribution in [0.4, 0.5) is 10.5 Å². The molecule has 3 N–H and O–H groups in total. The molecule has 2 rings (SSSR count). The molecular formula is C19H27N3O4. The van der Waals surface area contributed by atoms with E-state index in [0.29, 0.717) is 24.2 Å². The Hall–Kier alpha value is -2.57. The van der Waals surface area contributed by atoms with E-state index in [9.17, 15) is 19.5 Å². The minimum atomic E-state index is -0.890. The number of benzene rings is 1. The summed E-state index contributed by atoms with van der Waals surface area (Å²) in [5, 5.41) is 14.9. The Morgan fingerprint density at radius 2 is 1.81 bits per heavy atom. The van der Waals surface area contributed by atoms with E-state index in [1.807, 2.05) is 27.7 Å². The second kappa shape index (κ2) is 7.76. The zero-order valence-electron chi connectivity index (χ0n) is 15.7. The van der Waals surface area contributed by atoms with Crippen LogP contribution in [0.15, 0.2) is 24.3 Å². The number of hydrogen-bond acceptors (Lipinski definition) is 3. The van der Waals surface area contributed by atoms with Gasteiger partial charge in [-0.05, 0) is 45.2 Å². The number of nitrogens with one attached hydrogen (secondary N) is 2. The molecule has 0 radical (unpaired) electrons. The van der Waals surface area contributed by atoms with E-state index in [4.69, 9.17) is 0 Å². The summed E-state index contributed by atoms with van der Waals surface area (Å²) in [5.41, 5.74) is 0.380. The number of aliphatic carboxylic acids is 1. The minimum absolute atomic E-state index is 0.107. The van der Waals surface area contributed by atoms with Crippen LogP contribution in [0.2, 0.25) is 0 Å². The number of carboxylic acids is 1. The highest BCUT2D eigenvalue weighted by Gasteiger charge is 2.32. The molecule has 7 nitrogen and oxygen atoms in total. The number of nitrogens with zero attached hydrogens (tertiary/aromatic N) is 1. The fraction of sp³-hybridized carbons (Fsp3) is 0.526. The normalized spacial score (nSPS) is 20.4. The number of carbonyl (C=O) groups is 3. The number of rotatable bonds is 3. The van der Waals surface area contributed by atoms with Gasteiger partial charge in [-0.25, -0.2) is 4.79 Å². The number of urea groups is 1. The van der Waals surface area contributed by atoms with Crippen LogP contribution < -0.4 is 10.6 Å². The van der Waals surface area contributed by atoms with Crippen molar-refractivity contribution in [3.05, 3.63) is 29.8 Å². The second-order valence-corrected chi connectivity index (χ2v) is 7.96. The Morgan fingerprint density at radius 1 is 1.15 bits per heavy atom. The van der Waals surface area contributed by atoms with Gasteiger partial charge in [-0.1, -0.05) is 19.1 Å². The van der Waals surface area contributed by atoms with Crippen LogP contribution in [0.1, 0.15) is 44.5 Å². The van der Waals surface area contributed by atoms with Crippen molar-refractivity contribution in [1.29, 1.82) is 0 Å². The molecule has 26 heavy (non-hydrogen) atoms. The van der Waals surface area contributed by atoms with E-state index in [-0.39, 0.29) is 24.4 Å². The first-order valence-electron chi connectivity index (χ1n) is 8.77. The van der Waals surface area contributed by atoms with Crippen molar-refractivity contribution < 1.29 is 19.5 Å². The minimum Gasteiger partial charge on any atom is -0.481 e. The molecule has 0 saturated carbocycles. The van der Waals surface area contributed by atoms with Crippen LogP contribution in [0.25, 0.3) is 0 Å². The van der Waals surface area contributed by atoms with Crippen molar-refractivity contribution in [2.24, 2.45) is 11.8 Å². The van der Waals surface area contributed by atoms with Crippen molar-refractivity contribution in [3.63, 3.8) is 0 Å². The molecule has 0 aromatic heterocycles. The summed E-state index contributed by atoms with van der Waals surface area (Å²) in [6, 6.07) is 6.39. The predicted molar refractivity (Wildman–Crippen MR) is 99.2 cm³/mol. The maximum absolute atomic E-state index is 12.6. The van der Waals surface area contributed by atoms with E-state index in [1.54, 1.807) is 24.3 Å². The third kappa shape index (κ3) is 5.21. The molecule has 1 aliphatic heterocycles. The first kappa shape index (κ1) is 19.8. The lowest BCUT2D eigenvalue weighted by molar-refractivity contribution is -0.143. The maximum atomic E-state index is 12.6. The number of piperidine rings is 1. The predicted octanol–water partition coefficient (Wildman–Crippen LogP) is 2.79. The van der Waals surface area contributed by atoms with Crippen LogP contribution in [0, 0.1) is 11.8 Å². The molecule has 7 heteroatoms. The van der Waals surface area contributed by atoms with Gasteiger partial charge >= 0.3 is 12.0 Å². The van der Waals surface area contributed by atoms with E-state index < -0.39 is 17.4 Å².